The molecule has 4 nitrogen and oxygen atoms in total. The average molecular weight is 288 g/mol. The number of carbonyl (C=O) groups is 1. The summed E-state index contributed by atoms with van der Waals surface area (Å²) in [6.45, 7) is 4.09. The van der Waals surface area contributed by atoms with E-state index >= 15 is 0 Å². The van der Waals surface area contributed by atoms with Crippen molar-refractivity contribution in [3.8, 4) is 0 Å². The fraction of sp³-hybridized carbons (Fsp3) is 0.588. The van der Waals surface area contributed by atoms with Crippen LogP contribution in [0, 0.1) is 5.92 Å². The van der Waals surface area contributed by atoms with Gasteiger partial charge in [-0.3, -0.25) is 4.79 Å². The lowest BCUT2D eigenvalue weighted by molar-refractivity contribution is -0.139. The maximum atomic E-state index is 11.4. The predicted molar refractivity (Wildman–Crippen MR) is 83.7 cm³/mol. The zero-order chi connectivity index (χ0) is 14.8. The summed E-state index contributed by atoms with van der Waals surface area (Å²) < 4.78 is 0. The van der Waals surface area contributed by atoms with E-state index in [0.717, 1.165) is 32.4 Å². The molecular formula is C17H24N2O2. The Kier molecular flexibility index (Phi) is 4.15. The molecule has 1 aromatic rings. The van der Waals surface area contributed by atoms with Crippen LogP contribution in [-0.2, 0) is 11.2 Å². The Bertz CT molecular complexity index is 513. The molecule has 2 N–H and O–H groups in total. The number of nitrogens with zero attached hydrogens (tertiary/aromatic N) is 1. The highest BCUT2D eigenvalue weighted by Crippen LogP contribution is 2.29. The van der Waals surface area contributed by atoms with Gasteiger partial charge in [0.25, 0.3) is 0 Å². The lowest BCUT2D eigenvalue weighted by Crippen LogP contribution is -2.43. The van der Waals surface area contributed by atoms with Gasteiger partial charge in [-0.25, -0.2) is 0 Å². The minimum Gasteiger partial charge on any atom is -0.480 e. The number of para-hydroxylation sites is 1. The van der Waals surface area contributed by atoms with Gasteiger partial charge in [-0.15, -0.1) is 0 Å². The Morgan fingerprint density at radius 2 is 2.19 bits per heavy atom. The van der Waals surface area contributed by atoms with Crippen molar-refractivity contribution in [3.63, 3.8) is 0 Å². The maximum Gasteiger partial charge on any atom is 0.320 e. The van der Waals surface area contributed by atoms with Gasteiger partial charge >= 0.3 is 5.97 Å². The van der Waals surface area contributed by atoms with Crippen molar-refractivity contribution in [1.82, 2.24) is 5.32 Å². The minimum absolute atomic E-state index is 0.415. The standard InChI is InChI=1S/C17H24N2O2/c1-12-10-13-4-2-3-5-16(13)19(11-12)9-8-15(17(20)21)18-14-6-7-14/h2-5,12,14-15,18H,6-11H2,1H3,(H,20,21). The summed E-state index contributed by atoms with van der Waals surface area (Å²) in [6.07, 6.45) is 4.02. The molecule has 2 atom stereocenters. The van der Waals surface area contributed by atoms with Gasteiger partial charge in [0.2, 0.25) is 0 Å². The smallest absolute Gasteiger partial charge is 0.320 e. The molecule has 0 spiro atoms. The topological polar surface area (TPSA) is 52.6 Å². The van der Waals surface area contributed by atoms with Crippen LogP contribution in [0.5, 0.6) is 0 Å². The molecule has 1 aliphatic heterocycles. The molecule has 1 aliphatic carbocycles. The van der Waals surface area contributed by atoms with Gasteiger partial charge in [-0.05, 0) is 43.2 Å². The Labute approximate surface area is 126 Å². The Morgan fingerprint density at radius 3 is 2.90 bits per heavy atom. The molecular weight excluding hydrogens is 264 g/mol. The van der Waals surface area contributed by atoms with E-state index in [2.05, 4.69) is 41.4 Å². The number of carboxylic acid groups (broad SMARTS) is 1. The van der Waals surface area contributed by atoms with Gasteiger partial charge < -0.3 is 15.3 Å². The summed E-state index contributed by atoms with van der Waals surface area (Å²) in [5.41, 5.74) is 2.67. The molecule has 2 aliphatic rings. The molecule has 114 valence electrons. The first-order valence-electron chi connectivity index (χ1n) is 7.95. The first-order chi connectivity index (χ1) is 10.1. The molecule has 0 saturated heterocycles. The van der Waals surface area contributed by atoms with Gasteiger partial charge in [-0.1, -0.05) is 25.1 Å². The van der Waals surface area contributed by atoms with Crippen LogP contribution < -0.4 is 10.2 Å². The van der Waals surface area contributed by atoms with E-state index in [-0.39, 0.29) is 0 Å². The Morgan fingerprint density at radius 1 is 1.43 bits per heavy atom. The Balaban J connectivity index is 1.65. The second kappa shape index (κ2) is 6.06. The molecule has 1 saturated carbocycles. The second-order valence-electron chi connectivity index (χ2n) is 6.50. The number of carboxylic acids is 1. The van der Waals surface area contributed by atoms with Crippen LogP contribution in [0.4, 0.5) is 5.69 Å². The molecule has 0 aromatic heterocycles. The van der Waals surface area contributed by atoms with Crippen LogP contribution in [0.1, 0.15) is 31.7 Å². The number of anilines is 1. The van der Waals surface area contributed by atoms with Crippen LogP contribution >= 0.6 is 0 Å². The largest absolute Gasteiger partial charge is 0.480 e. The van der Waals surface area contributed by atoms with E-state index in [9.17, 15) is 9.90 Å². The number of hydrogen-bond acceptors (Lipinski definition) is 3. The number of benzene rings is 1. The average Bonchev–Trinajstić information content (AvgIpc) is 3.26. The van der Waals surface area contributed by atoms with E-state index < -0.39 is 12.0 Å². The molecule has 2 unspecified atom stereocenters. The minimum atomic E-state index is -0.722. The SMILES string of the molecule is CC1Cc2ccccc2N(CCC(NC2CC2)C(=O)O)C1. The number of fused-ring (bicyclic) bond motifs is 1. The highest BCUT2D eigenvalue weighted by molar-refractivity contribution is 5.73. The molecule has 1 aromatic carbocycles. The summed E-state index contributed by atoms with van der Waals surface area (Å²) in [4.78, 5) is 13.7. The fourth-order valence-corrected chi connectivity index (χ4v) is 3.22. The second-order valence-corrected chi connectivity index (χ2v) is 6.50. The third-order valence-corrected chi connectivity index (χ3v) is 4.43. The molecule has 0 bridgehead atoms. The molecule has 1 fully saturated rings. The van der Waals surface area contributed by atoms with E-state index in [4.69, 9.17) is 0 Å². The number of aliphatic carboxylic acids is 1. The highest BCUT2D eigenvalue weighted by atomic mass is 16.4. The summed E-state index contributed by atoms with van der Waals surface area (Å²) in [7, 11) is 0. The fourth-order valence-electron chi connectivity index (χ4n) is 3.22. The summed E-state index contributed by atoms with van der Waals surface area (Å²) in [6, 6.07) is 8.52. The van der Waals surface area contributed by atoms with E-state index in [1.165, 1.54) is 11.3 Å². The van der Waals surface area contributed by atoms with Gasteiger partial charge in [0.15, 0.2) is 0 Å². The van der Waals surface area contributed by atoms with Crippen LogP contribution in [0.25, 0.3) is 0 Å². The lowest BCUT2D eigenvalue weighted by atomic mass is 9.93. The summed E-state index contributed by atoms with van der Waals surface area (Å²) in [5, 5.41) is 12.6. The van der Waals surface area contributed by atoms with Crippen LogP contribution in [0.2, 0.25) is 0 Å². The van der Waals surface area contributed by atoms with Gasteiger partial charge in [0, 0.05) is 24.8 Å². The van der Waals surface area contributed by atoms with Gasteiger partial charge in [0.05, 0.1) is 0 Å². The summed E-state index contributed by atoms with van der Waals surface area (Å²) in [5.74, 6) is -0.0974. The summed E-state index contributed by atoms with van der Waals surface area (Å²) >= 11 is 0. The zero-order valence-corrected chi connectivity index (χ0v) is 12.6. The monoisotopic (exact) mass is 288 g/mol. The first kappa shape index (κ1) is 14.4. The van der Waals surface area contributed by atoms with Crippen molar-refractivity contribution in [2.45, 2.75) is 44.7 Å². The van der Waals surface area contributed by atoms with Crippen LogP contribution in [0.3, 0.4) is 0 Å². The van der Waals surface area contributed by atoms with Crippen LogP contribution in [-0.4, -0.2) is 36.2 Å². The zero-order valence-electron chi connectivity index (χ0n) is 12.6. The predicted octanol–water partition coefficient (Wildman–Crippen LogP) is 2.28. The van der Waals surface area contributed by atoms with E-state index in [0.29, 0.717) is 18.4 Å². The number of rotatable bonds is 6. The van der Waals surface area contributed by atoms with Gasteiger partial charge in [-0.2, -0.15) is 0 Å². The van der Waals surface area contributed by atoms with E-state index in [1.54, 1.807) is 0 Å². The van der Waals surface area contributed by atoms with Crippen LogP contribution in [0.15, 0.2) is 24.3 Å². The molecule has 21 heavy (non-hydrogen) atoms. The first-order valence-corrected chi connectivity index (χ1v) is 7.95. The normalized spacial score (nSPS) is 22.7. The van der Waals surface area contributed by atoms with Crippen molar-refractivity contribution in [2.24, 2.45) is 5.92 Å². The number of hydrogen-bond donors (Lipinski definition) is 2. The van der Waals surface area contributed by atoms with Crippen molar-refractivity contribution in [3.05, 3.63) is 29.8 Å². The molecule has 3 rings (SSSR count). The van der Waals surface area contributed by atoms with Crippen molar-refractivity contribution >= 4 is 11.7 Å². The van der Waals surface area contributed by atoms with Gasteiger partial charge in [0.1, 0.15) is 6.04 Å². The third kappa shape index (κ3) is 3.56. The van der Waals surface area contributed by atoms with Crippen molar-refractivity contribution in [2.75, 3.05) is 18.0 Å². The molecule has 1 heterocycles. The molecule has 0 radical (unpaired) electrons. The molecule has 4 heteroatoms. The quantitative estimate of drug-likeness (QED) is 0.843. The Hall–Kier alpha value is -1.55. The lowest BCUT2D eigenvalue weighted by Gasteiger charge is -2.35. The van der Waals surface area contributed by atoms with Crippen molar-refractivity contribution in [1.29, 1.82) is 0 Å². The molecule has 0 amide bonds. The third-order valence-electron chi connectivity index (χ3n) is 4.43. The maximum absolute atomic E-state index is 11.4. The highest BCUT2D eigenvalue weighted by Gasteiger charge is 2.29. The van der Waals surface area contributed by atoms with E-state index in [1.807, 2.05) is 0 Å². The number of nitrogens with one attached hydrogen (secondary N) is 1. The van der Waals surface area contributed by atoms with Crippen molar-refractivity contribution < 1.29 is 9.90 Å².